The van der Waals surface area contributed by atoms with Crippen LogP contribution in [0.5, 0.6) is 0 Å². The molecule has 0 saturated carbocycles. The quantitative estimate of drug-likeness (QED) is 0.722. The van der Waals surface area contributed by atoms with Crippen molar-refractivity contribution in [2.75, 3.05) is 11.6 Å². The van der Waals surface area contributed by atoms with Crippen LogP contribution in [0.25, 0.3) is 10.9 Å². The number of pyridine rings is 1. The highest BCUT2D eigenvalue weighted by atomic mass is 32.2. The number of carbonyl (C=O) groups excluding carboxylic acids is 1. The van der Waals surface area contributed by atoms with Crippen LogP contribution in [-0.4, -0.2) is 22.1 Å². The van der Waals surface area contributed by atoms with Crippen molar-refractivity contribution >= 4 is 34.3 Å². The summed E-state index contributed by atoms with van der Waals surface area (Å²) in [5.74, 6) is -0.144. The number of aryl methyl sites for hydroxylation is 1. The van der Waals surface area contributed by atoms with E-state index in [1.807, 2.05) is 43.6 Å². The molecular weight excluding hydrogens is 282 g/mol. The lowest BCUT2D eigenvalue weighted by Crippen LogP contribution is -2.13. The summed E-state index contributed by atoms with van der Waals surface area (Å²) in [5, 5.41) is 3.85. The zero-order chi connectivity index (χ0) is 14.8. The van der Waals surface area contributed by atoms with Crippen molar-refractivity contribution in [3.63, 3.8) is 0 Å². The molecule has 0 aliphatic heterocycles. The van der Waals surface area contributed by atoms with E-state index in [0.29, 0.717) is 5.56 Å². The van der Waals surface area contributed by atoms with Crippen molar-refractivity contribution in [1.82, 2.24) is 9.97 Å². The molecule has 2 N–H and O–H groups in total. The van der Waals surface area contributed by atoms with E-state index in [9.17, 15) is 4.79 Å². The Kier molecular flexibility index (Phi) is 3.66. The Morgan fingerprint density at radius 2 is 2.14 bits per heavy atom. The minimum absolute atomic E-state index is 0.144. The molecule has 0 spiro atoms. The van der Waals surface area contributed by atoms with Crippen molar-refractivity contribution in [3.8, 4) is 0 Å². The van der Waals surface area contributed by atoms with Crippen molar-refractivity contribution in [2.24, 2.45) is 0 Å². The van der Waals surface area contributed by atoms with Crippen LogP contribution < -0.4 is 5.32 Å². The normalized spacial score (nSPS) is 10.8. The number of benzene rings is 1. The highest BCUT2D eigenvalue weighted by Gasteiger charge is 2.12. The Labute approximate surface area is 127 Å². The van der Waals surface area contributed by atoms with Crippen molar-refractivity contribution in [1.29, 1.82) is 0 Å². The third-order valence-electron chi connectivity index (χ3n) is 3.41. The number of hydrogen-bond acceptors (Lipinski definition) is 3. The molecule has 0 saturated heterocycles. The van der Waals surface area contributed by atoms with E-state index in [0.717, 1.165) is 27.0 Å². The maximum absolute atomic E-state index is 12.5. The molecular formula is C16H15N3OS. The molecule has 3 aromatic rings. The first-order valence-corrected chi connectivity index (χ1v) is 7.78. The van der Waals surface area contributed by atoms with E-state index < -0.39 is 0 Å². The smallest absolute Gasteiger partial charge is 0.257 e. The number of anilines is 1. The van der Waals surface area contributed by atoms with Gasteiger partial charge >= 0.3 is 0 Å². The van der Waals surface area contributed by atoms with Gasteiger partial charge in [0.05, 0.1) is 17.3 Å². The summed E-state index contributed by atoms with van der Waals surface area (Å²) < 4.78 is 0. The topological polar surface area (TPSA) is 57.8 Å². The molecule has 2 aromatic heterocycles. The van der Waals surface area contributed by atoms with Gasteiger partial charge in [0.2, 0.25) is 0 Å². The van der Waals surface area contributed by atoms with Gasteiger partial charge in [0.25, 0.3) is 5.91 Å². The monoisotopic (exact) mass is 297 g/mol. The lowest BCUT2D eigenvalue weighted by molar-refractivity contribution is 0.102. The van der Waals surface area contributed by atoms with Gasteiger partial charge in [-0.2, -0.15) is 0 Å². The van der Waals surface area contributed by atoms with Gasteiger partial charge in [0.1, 0.15) is 0 Å². The molecule has 5 heteroatoms. The summed E-state index contributed by atoms with van der Waals surface area (Å²) in [5.41, 5.74) is 3.30. The van der Waals surface area contributed by atoms with Gasteiger partial charge in [-0.05, 0) is 36.9 Å². The highest BCUT2D eigenvalue weighted by molar-refractivity contribution is 7.98. The van der Waals surface area contributed by atoms with E-state index >= 15 is 0 Å². The molecule has 0 radical (unpaired) electrons. The molecule has 106 valence electrons. The van der Waals surface area contributed by atoms with Crippen LogP contribution in [0.4, 0.5) is 5.69 Å². The van der Waals surface area contributed by atoms with Crippen molar-refractivity contribution in [3.05, 3.63) is 54.0 Å². The molecule has 0 fully saturated rings. The molecule has 0 unspecified atom stereocenters. The number of aromatic amines is 1. The Bertz CT molecular complexity index is 810. The van der Waals surface area contributed by atoms with Gasteiger partial charge in [0, 0.05) is 28.4 Å². The Hall–Kier alpha value is -2.27. The fourth-order valence-corrected chi connectivity index (χ4v) is 2.65. The number of rotatable bonds is 3. The number of hydrogen-bond donors (Lipinski definition) is 2. The molecule has 0 atom stereocenters. The number of nitrogens with zero attached hydrogens (tertiary/aromatic N) is 1. The molecule has 2 heterocycles. The maximum atomic E-state index is 12.5. The third kappa shape index (κ3) is 2.64. The molecule has 21 heavy (non-hydrogen) atoms. The number of H-pyrrole nitrogens is 1. The lowest BCUT2D eigenvalue weighted by Gasteiger charge is -2.10. The largest absolute Gasteiger partial charge is 0.360 e. The number of amides is 1. The average molecular weight is 297 g/mol. The first-order valence-electron chi connectivity index (χ1n) is 6.56. The van der Waals surface area contributed by atoms with Crippen LogP contribution in [0.2, 0.25) is 0 Å². The van der Waals surface area contributed by atoms with Gasteiger partial charge in [-0.25, -0.2) is 0 Å². The summed E-state index contributed by atoms with van der Waals surface area (Å²) in [6.45, 7) is 1.98. The predicted octanol–water partition coefficient (Wildman–Crippen LogP) is 3.85. The third-order valence-corrected chi connectivity index (χ3v) is 4.14. The molecule has 4 nitrogen and oxygen atoms in total. The van der Waals surface area contributed by atoms with E-state index in [1.165, 1.54) is 0 Å². The molecule has 0 aliphatic rings. The van der Waals surface area contributed by atoms with Crippen LogP contribution in [0.15, 0.2) is 47.8 Å². The summed E-state index contributed by atoms with van der Waals surface area (Å²) in [7, 11) is 0. The van der Waals surface area contributed by atoms with Crippen LogP contribution in [0.3, 0.4) is 0 Å². The molecule has 1 aromatic carbocycles. The first-order chi connectivity index (χ1) is 10.2. The average Bonchev–Trinajstić information content (AvgIpc) is 2.97. The molecule has 1 amide bonds. The first kappa shape index (κ1) is 13.7. The number of thioether (sulfide) groups is 1. The van der Waals surface area contributed by atoms with Gasteiger partial charge < -0.3 is 10.3 Å². The summed E-state index contributed by atoms with van der Waals surface area (Å²) in [4.78, 5) is 20.8. The fraction of sp³-hybridized carbons (Fsp3) is 0.125. The number of carbonyl (C=O) groups is 1. The van der Waals surface area contributed by atoms with Gasteiger partial charge in [-0.15, -0.1) is 11.8 Å². The van der Waals surface area contributed by atoms with Gasteiger partial charge in [-0.3, -0.25) is 9.78 Å². The second-order valence-electron chi connectivity index (χ2n) is 4.76. The minimum Gasteiger partial charge on any atom is -0.360 e. The SMILES string of the molecule is CSc1ccc(C)c(NC(=O)c2cncc3[nH]ccc23)c1. The second-order valence-corrected chi connectivity index (χ2v) is 5.64. The minimum atomic E-state index is -0.144. The van der Waals surface area contributed by atoms with Gasteiger partial charge in [-0.1, -0.05) is 6.07 Å². The van der Waals surface area contributed by atoms with Crippen molar-refractivity contribution < 1.29 is 4.79 Å². The van der Waals surface area contributed by atoms with E-state index in [1.54, 1.807) is 24.2 Å². The van der Waals surface area contributed by atoms with Crippen LogP contribution in [0.1, 0.15) is 15.9 Å². The molecule has 3 rings (SSSR count). The zero-order valence-corrected chi connectivity index (χ0v) is 12.6. The molecule has 0 aliphatic carbocycles. The maximum Gasteiger partial charge on any atom is 0.257 e. The van der Waals surface area contributed by atoms with E-state index in [2.05, 4.69) is 15.3 Å². The van der Waals surface area contributed by atoms with E-state index in [-0.39, 0.29) is 5.91 Å². The predicted molar refractivity (Wildman–Crippen MR) is 87.0 cm³/mol. The van der Waals surface area contributed by atoms with Crippen LogP contribution in [0, 0.1) is 6.92 Å². The molecule has 0 bridgehead atoms. The summed E-state index contributed by atoms with van der Waals surface area (Å²) >= 11 is 1.65. The fourth-order valence-electron chi connectivity index (χ4n) is 2.21. The standard InChI is InChI=1S/C16H15N3OS/c1-10-3-4-11(21-2)7-14(10)19-16(20)13-8-17-9-15-12(13)5-6-18-15/h3-9,18H,1-2H3,(H,19,20). The van der Waals surface area contributed by atoms with Crippen LogP contribution >= 0.6 is 11.8 Å². The number of aromatic nitrogens is 2. The summed E-state index contributed by atoms with van der Waals surface area (Å²) in [6.07, 6.45) is 7.13. The highest BCUT2D eigenvalue weighted by Crippen LogP contribution is 2.24. The Morgan fingerprint density at radius 3 is 2.95 bits per heavy atom. The van der Waals surface area contributed by atoms with Crippen LogP contribution in [-0.2, 0) is 0 Å². The Morgan fingerprint density at radius 1 is 1.29 bits per heavy atom. The second kappa shape index (κ2) is 5.61. The number of nitrogens with one attached hydrogen (secondary N) is 2. The zero-order valence-electron chi connectivity index (χ0n) is 11.8. The van der Waals surface area contributed by atoms with E-state index in [4.69, 9.17) is 0 Å². The summed E-state index contributed by atoms with van der Waals surface area (Å²) in [6, 6.07) is 7.93. The van der Waals surface area contributed by atoms with Crippen molar-refractivity contribution in [2.45, 2.75) is 11.8 Å². The Balaban J connectivity index is 1.95. The number of fused-ring (bicyclic) bond motifs is 1. The lowest BCUT2D eigenvalue weighted by atomic mass is 10.1. The van der Waals surface area contributed by atoms with Gasteiger partial charge in [0.15, 0.2) is 0 Å².